The summed E-state index contributed by atoms with van der Waals surface area (Å²) < 4.78 is 2.42. The molecule has 12 rings (SSSR count). The molecule has 10 aromatic carbocycles. The number of amidine groups is 2. The minimum atomic E-state index is -0.0974. The highest BCUT2D eigenvalue weighted by atomic mass is 15.0. The summed E-state index contributed by atoms with van der Waals surface area (Å²) in [5, 5.41) is 7.57. The molecule has 0 spiro atoms. The van der Waals surface area contributed by atoms with Gasteiger partial charge in [0.1, 0.15) is 5.84 Å². The van der Waals surface area contributed by atoms with Gasteiger partial charge >= 0.3 is 0 Å². The van der Waals surface area contributed by atoms with Crippen LogP contribution >= 0.6 is 0 Å². The predicted molar refractivity (Wildman–Crippen MR) is 287 cm³/mol. The number of para-hydroxylation sites is 1. The highest BCUT2D eigenvalue weighted by Crippen LogP contribution is 2.44. The zero-order chi connectivity index (χ0) is 45.6. The Bertz CT molecular complexity index is 3790. The summed E-state index contributed by atoms with van der Waals surface area (Å²) in [5.41, 5.74) is 23.2. The first-order valence-corrected chi connectivity index (χ1v) is 23.6. The van der Waals surface area contributed by atoms with Crippen molar-refractivity contribution in [3.8, 4) is 27.9 Å². The number of aliphatic imine (C=N–C) groups is 2. The van der Waals surface area contributed by atoms with E-state index in [4.69, 9.17) is 15.7 Å². The number of allylic oxidation sites excluding steroid dienone is 1. The van der Waals surface area contributed by atoms with E-state index < -0.39 is 0 Å². The second-order valence-corrected chi connectivity index (χ2v) is 17.8. The van der Waals surface area contributed by atoms with Crippen LogP contribution in [0.15, 0.2) is 241 Å². The van der Waals surface area contributed by atoms with Crippen molar-refractivity contribution < 1.29 is 0 Å². The van der Waals surface area contributed by atoms with Gasteiger partial charge in [-0.2, -0.15) is 0 Å². The van der Waals surface area contributed by atoms with Crippen molar-refractivity contribution in [3.63, 3.8) is 0 Å². The third kappa shape index (κ3) is 7.37. The first kappa shape index (κ1) is 40.9. The van der Waals surface area contributed by atoms with Crippen molar-refractivity contribution in [3.05, 3.63) is 264 Å². The second-order valence-electron chi connectivity index (χ2n) is 17.8. The number of nitrogens with zero attached hydrogens (tertiary/aromatic N) is 3. The maximum absolute atomic E-state index is 6.95. The van der Waals surface area contributed by atoms with Crippen molar-refractivity contribution in [2.45, 2.75) is 25.8 Å². The second kappa shape index (κ2) is 17.3. The summed E-state index contributed by atoms with van der Waals surface area (Å²) in [7, 11) is 0. The van der Waals surface area contributed by atoms with Crippen molar-refractivity contribution in [2.24, 2.45) is 15.7 Å². The Hall–Kier alpha value is -8.60. The quantitative estimate of drug-likeness (QED) is 0.0923. The Morgan fingerprint density at radius 1 is 0.471 bits per heavy atom. The largest absolute Gasteiger partial charge is 0.383 e. The summed E-state index contributed by atoms with van der Waals surface area (Å²) in [6.07, 6.45) is 4.34. The van der Waals surface area contributed by atoms with Crippen LogP contribution in [0.4, 0.5) is 0 Å². The Labute approximate surface area is 396 Å². The minimum Gasteiger partial charge on any atom is -0.383 e. The highest BCUT2D eigenvalue weighted by molar-refractivity contribution is 6.17. The van der Waals surface area contributed by atoms with Gasteiger partial charge < -0.3 is 10.3 Å². The smallest absolute Gasteiger partial charge is 0.157 e. The third-order valence-electron chi connectivity index (χ3n) is 13.7. The molecule has 1 aromatic heterocycles. The molecule has 0 radical (unpaired) electrons. The van der Waals surface area contributed by atoms with Crippen molar-refractivity contribution in [1.29, 1.82) is 0 Å². The van der Waals surface area contributed by atoms with E-state index in [-0.39, 0.29) is 6.04 Å². The number of hydrogen-bond donors (Lipinski definition) is 1. The average molecular weight is 873 g/mol. The molecule has 1 unspecified atom stereocenters. The Morgan fingerprint density at radius 2 is 1.06 bits per heavy atom. The number of hydrogen-bond acceptors (Lipinski definition) is 1. The molecule has 1 aliphatic rings. The maximum Gasteiger partial charge on any atom is 0.157 e. The molecule has 4 nitrogen and oxygen atoms in total. The van der Waals surface area contributed by atoms with Crippen LogP contribution in [0.3, 0.4) is 0 Å². The maximum atomic E-state index is 6.95. The fourth-order valence-corrected chi connectivity index (χ4v) is 10.4. The lowest BCUT2D eigenvalue weighted by molar-refractivity contribution is 0.818. The van der Waals surface area contributed by atoms with E-state index in [1.807, 2.05) is 48.5 Å². The third-order valence-corrected chi connectivity index (χ3v) is 13.7. The van der Waals surface area contributed by atoms with E-state index in [9.17, 15) is 0 Å². The van der Waals surface area contributed by atoms with E-state index in [1.54, 1.807) is 0 Å². The molecule has 68 heavy (non-hydrogen) atoms. The van der Waals surface area contributed by atoms with Crippen LogP contribution in [0.2, 0.25) is 0 Å². The van der Waals surface area contributed by atoms with Crippen LogP contribution in [0.25, 0.3) is 76.9 Å². The Balaban J connectivity index is 0.951. The number of aryl methyl sites for hydroxylation is 1. The van der Waals surface area contributed by atoms with Crippen LogP contribution in [0.1, 0.15) is 52.8 Å². The summed E-state index contributed by atoms with van der Waals surface area (Å²) in [6.45, 7) is 2.10. The summed E-state index contributed by atoms with van der Waals surface area (Å²) >= 11 is 0. The van der Waals surface area contributed by atoms with Crippen LogP contribution < -0.4 is 5.73 Å². The van der Waals surface area contributed by atoms with Crippen molar-refractivity contribution in [2.75, 3.05) is 0 Å². The lowest BCUT2D eigenvalue weighted by Gasteiger charge is -2.24. The van der Waals surface area contributed by atoms with Crippen LogP contribution in [0, 0.1) is 0 Å². The number of fused-ring (bicyclic) bond motifs is 9. The van der Waals surface area contributed by atoms with Gasteiger partial charge in [-0.3, -0.25) is 4.99 Å². The van der Waals surface area contributed by atoms with Gasteiger partial charge in [-0.25, -0.2) is 4.99 Å². The van der Waals surface area contributed by atoms with Gasteiger partial charge in [0.05, 0.1) is 17.1 Å². The zero-order valence-electron chi connectivity index (χ0n) is 37.8. The van der Waals surface area contributed by atoms with Gasteiger partial charge in [-0.1, -0.05) is 194 Å². The molecule has 324 valence electrons. The van der Waals surface area contributed by atoms with E-state index in [2.05, 4.69) is 193 Å². The Morgan fingerprint density at radius 3 is 1.84 bits per heavy atom. The fraction of sp³-hybridized carbons (Fsp3) is 0.0625. The lowest BCUT2D eigenvalue weighted by atomic mass is 9.80. The predicted octanol–water partition coefficient (Wildman–Crippen LogP) is 15.7. The fourth-order valence-electron chi connectivity index (χ4n) is 10.4. The number of aromatic nitrogens is 1. The topological polar surface area (TPSA) is 55.7 Å². The molecule has 0 aliphatic heterocycles. The molecule has 1 aliphatic carbocycles. The molecule has 1 atom stereocenters. The van der Waals surface area contributed by atoms with Crippen LogP contribution in [-0.4, -0.2) is 16.2 Å². The molecule has 2 N–H and O–H groups in total. The normalized spacial score (nSPS) is 13.5. The van der Waals surface area contributed by atoms with Gasteiger partial charge in [-0.05, 0) is 128 Å². The number of benzene rings is 10. The van der Waals surface area contributed by atoms with E-state index >= 15 is 0 Å². The van der Waals surface area contributed by atoms with Crippen LogP contribution in [0.5, 0.6) is 0 Å². The molecule has 4 heteroatoms. The van der Waals surface area contributed by atoms with Gasteiger partial charge in [0, 0.05) is 27.6 Å². The summed E-state index contributed by atoms with van der Waals surface area (Å²) in [4.78, 5) is 10.1. The molecule has 0 fully saturated rings. The van der Waals surface area contributed by atoms with Gasteiger partial charge in [-0.15, -0.1) is 0 Å². The monoisotopic (exact) mass is 872 g/mol. The molecule has 0 bridgehead atoms. The number of nitrogens with two attached hydrogens (primary N) is 1. The highest BCUT2D eigenvalue weighted by Gasteiger charge is 2.23. The zero-order valence-corrected chi connectivity index (χ0v) is 37.8. The van der Waals surface area contributed by atoms with E-state index in [0.717, 1.165) is 40.8 Å². The number of rotatable bonds is 8. The summed E-state index contributed by atoms with van der Waals surface area (Å²) in [6, 6.07) is 80.2. The molecule has 1 heterocycles. The molecule has 0 amide bonds. The Kier molecular flexibility index (Phi) is 10.4. The SMILES string of the molecule is CC(N=C(N=C(N)c1cccc(C2=CCCc3c2c2ccc(-c4ccc5c6ccccc6n(-c6ccc(-c7ccccc7)cc6)c5c4)cc2c2ccccc32)c1)c1ccccc1)c1ccccc1. The van der Waals surface area contributed by atoms with E-state index in [0.29, 0.717) is 11.7 Å². The van der Waals surface area contributed by atoms with Crippen molar-refractivity contribution in [1.82, 2.24) is 4.57 Å². The molecular weight excluding hydrogens is 825 g/mol. The molecule has 0 saturated heterocycles. The molecule has 11 aromatic rings. The first-order chi connectivity index (χ1) is 33.6. The van der Waals surface area contributed by atoms with Crippen molar-refractivity contribution >= 4 is 60.6 Å². The molecular formula is C64H48N4. The average Bonchev–Trinajstić information content (AvgIpc) is 3.75. The minimum absolute atomic E-state index is 0.0974. The van der Waals surface area contributed by atoms with Gasteiger partial charge in [0.15, 0.2) is 5.84 Å². The van der Waals surface area contributed by atoms with E-state index in [1.165, 1.54) is 82.3 Å². The van der Waals surface area contributed by atoms with Gasteiger partial charge in [0.2, 0.25) is 0 Å². The van der Waals surface area contributed by atoms with Gasteiger partial charge in [0.25, 0.3) is 0 Å². The first-order valence-electron chi connectivity index (χ1n) is 23.6. The standard InChI is InChI=1S/C64H48N4/c1-42(43-17-5-2-6-18-43)66-64(46-21-9-4-10-22-46)67-63(65)50-24-15-23-49(39-50)52-28-16-29-57-53-25-11-12-26-54(53)59-40-47(34-38-58(59)62(52)57)48-33-37-56-55-27-13-14-30-60(55)68(61(56)41-48)51-35-31-45(32-36-51)44-19-7-3-8-20-44/h2-15,17-28,30-42H,16,29H2,1H3,(H2,65,66,67). The lowest BCUT2D eigenvalue weighted by Crippen LogP contribution is -2.17. The molecule has 0 saturated carbocycles. The summed E-state index contributed by atoms with van der Waals surface area (Å²) in [5.74, 6) is 1.04. The van der Waals surface area contributed by atoms with Crippen LogP contribution in [-0.2, 0) is 6.42 Å².